The smallest absolute Gasteiger partial charge is 0.0740 e. The summed E-state index contributed by atoms with van der Waals surface area (Å²) in [4.78, 5) is 3.78. The summed E-state index contributed by atoms with van der Waals surface area (Å²) in [5.41, 5.74) is 24.9. The van der Waals surface area contributed by atoms with Gasteiger partial charge in [0.25, 0.3) is 0 Å². The van der Waals surface area contributed by atoms with Crippen LogP contribution in [0.25, 0.3) is 76.7 Å². The van der Waals surface area contributed by atoms with Gasteiger partial charge in [0, 0.05) is 27.5 Å². The lowest BCUT2D eigenvalue weighted by atomic mass is 9.69. The normalized spacial score (nSPS) is 14.1. The second-order valence-electron chi connectivity index (χ2n) is 19.9. The van der Waals surface area contributed by atoms with Gasteiger partial charge in [-0.05, 0) is 148 Å². The molecule has 1 spiro atoms. The lowest BCUT2D eigenvalue weighted by molar-refractivity contribution is 0.803. The van der Waals surface area contributed by atoms with Crippen molar-refractivity contribution in [2.75, 3.05) is 4.90 Å². The van der Waals surface area contributed by atoms with E-state index in [1.807, 2.05) is 11.3 Å². The minimum atomic E-state index is -0.505. The van der Waals surface area contributed by atoms with Gasteiger partial charge in [-0.3, -0.25) is 0 Å². The maximum Gasteiger partial charge on any atom is 0.0740 e. The van der Waals surface area contributed by atoms with Gasteiger partial charge in [0.05, 0.1) is 5.41 Å². The molecule has 75 heavy (non-hydrogen) atoms. The van der Waals surface area contributed by atoms with Crippen LogP contribution in [-0.2, 0) is 18.4 Å². The van der Waals surface area contributed by atoms with Crippen LogP contribution in [0.2, 0.25) is 0 Å². The summed E-state index contributed by atoms with van der Waals surface area (Å²) in [5, 5.41) is 1.34. The van der Waals surface area contributed by atoms with Gasteiger partial charge in [-0.25, -0.2) is 0 Å². The van der Waals surface area contributed by atoms with Crippen molar-refractivity contribution in [2.24, 2.45) is 0 Å². The van der Waals surface area contributed by atoms with Crippen molar-refractivity contribution >= 4 is 44.4 Å². The van der Waals surface area contributed by atoms with Crippen LogP contribution in [-0.4, -0.2) is 0 Å². The largest absolute Gasteiger partial charge is 0.337 e. The molecule has 2 aliphatic carbocycles. The number of para-hydroxylation sites is 1. The molecule has 1 nitrogen and oxygen atoms in total. The highest BCUT2D eigenvalue weighted by atomic mass is 32.1. The van der Waals surface area contributed by atoms with Crippen LogP contribution in [0.3, 0.4) is 0 Å². The predicted octanol–water partition coefficient (Wildman–Crippen LogP) is 19.4. The van der Waals surface area contributed by atoms with E-state index in [1.54, 1.807) is 0 Å². The Bertz CT molecular complexity index is 4060. The number of anilines is 2. The number of hydrogen-bond acceptors (Lipinski definition) is 2. The SMILES string of the molecule is C(=C(Cc1ccc(-c2ccccc2)cc1)c1ccccc1)c1ccc(-c2ccc3c(c2)C2(c4ccccc4-c4c(-c5ccc(N(Cc6ccccc6)c6ccccc6)cc5)cccc42)c2c-3sc3ccccc23)cc1. The first-order valence-electron chi connectivity index (χ1n) is 26.1. The monoisotopic (exact) mass is 973 g/mol. The van der Waals surface area contributed by atoms with Gasteiger partial charge in [0.1, 0.15) is 0 Å². The molecule has 14 rings (SSSR count). The van der Waals surface area contributed by atoms with E-state index in [9.17, 15) is 0 Å². The maximum absolute atomic E-state index is 2.52. The van der Waals surface area contributed by atoms with Crippen molar-refractivity contribution in [1.82, 2.24) is 0 Å². The van der Waals surface area contributed by atoms with Crippen molar-refractivity contribution in [3.8, 4) is 54.9 Å². The summed E-state index contributed by atoms with van der Waals surface area (Å²) in [6.07, 6.45) is 3.21. The van der Waals surface area contributed by atoms with Crippen LogP contribution in [0, 0.1) is 0 Å². The molecule has 1 unspecified atom stereocenters. The average molecular weight is 974 g/mol. The third-order valence-electron chi connectivity index (χ3n) is 15.6. The predicted molar refractivity (Wildman–Crippen MR) is 318 cm³/mol. The average Bonchev–Trinajstić information content (AvgIpc) is 4.33. The Kier molecular flexibility index (Phi) is 11.2. The molecule has 0 aliphatic heterocycles. The fraction of sp³-hybridized carbons (Fsp3) is 0.0411. The topological polar surface area (TPSA) is 3.24 Å². The summed E-state index contributed by atoms with van der Waals surface area (Å²) in [7, 11) is 0. The molecule has 354 valence electrons. The molecule has 1 atom stereocenters. The lowest BCUT2D eigenvalue weighted by Crippen LogP contribution is -2.26. The fourth-order valence-electron chi connectivity index (χ4n) is 12.2. The van der Waals surface area contributed by atoms with Crippen LogP contribution in [0.15, 0.2) is 279 Å². The molecule has 12 aromatic rings. The van der Waals surface area contributed by atoms with Crippen molar-refractivity contribution in [2.45, 2.75) is 18.4 Å². The highest BCUT2D eigenvalue weighted by Crippen LogP contribution is 2.67. The highest BCUT2D eigenvalue weighted by Gasteiger charge is 2.54. The van der Waals surface area contributed by atoms with Gasteiger partial charge >= 0.3 is 0 Å². The van der Waals surface area contributed by atoms with E-state index < -0.39 is 5.41 Å². The third kappa shape index (κ3) is 7.77. The fourth-order valence-corrected chi connectivity index (χ4v) is 13.5. The minimum absolute atomic E-state index is 0.505. The van der Waals surface area contributed by atoms with E-state index in [-0.39, 0.29) is 0 Å². The van der Waals surface area contributed by atoms with Crippen LogP contribution in [0.5, 0.6) is 0 Å². The van der Waals surface area contributed by atoms with Crippen LogP contribution < -0.4 is 4.90 Å². The third-order valence-corrected chi connectivity index (χ3v) is 16.8. The van der Waals surface area contributed by atoms with Crippen molar-refractivity contribution in [3.05, 3.63) is 324 Å². The first-order chi connectivity index (χ1) is 37.2. The van der Waals surface area contributed by atoms with Crippen molar-refractivity contribution < 1.29 is 0 Å². The lowest BCUT2D eigenvalue weighted by Gasteiger charge is -2.31. The first-order valence-corrected chi connectivity index (χ1v) is 26.9. The number of allylic oxidation sites excluding steroid dienone is 1. The Labute approximate surface area is 443 Å². The van der Waals surface area contributed by atoms with E-state index >= 15 is 0 Å². The zero-order chi connectivity index (χ0) is 49.7. The molecule has 11 aromatic carbocycles. The zero-order valence-electron chi connectivity index (χ0n) is 41.4. The summed E-state index contributed by atoms with van der Waals surface area (Å²) in [6.45, 7) is 0.779. The summed E-state index contributed by atoms with van der Waals surface area (Å²) >= 11 is 1.94. The Hall–Kier alpha value is -9.08. The number of benzene rings is 11. The zero-order valence-corrected chi connectivity index (χ0v) is 42.2. The molecule has 0 fully saturated rings. The molecule has 0 N–H and O–H groups in total. The minimum Gasteiger partial charge on any atom is -0.337 e. The van der Waals surface area contributed by atoms with Crippen molar-refractivity contribution in [3.63, 3.8) is 0 Å². The number of nitrogens with zero attached hydrogens (tertiary/aromatic N) is 1. The second kappa shape index (κ2) is 18.8. The molecule has 0 saturated carbocycles. The van der Waals surface area contributed by atoms with E-state index in [4.69, 9.17) is 0 Å². The van der Waals surface area contributed by atoms with Crippen LogP contribution >= 0.6 is 11.3 Å². The number of fused-ring (bicyclic) bond motifs is 12. The van der Waals surface area contributed by atoms with Gasteiger partial charge in [-0.1, -0.05) is 249 Å². The molecular weight excluding hydrogens is 923 g/mol. The summed E-state index contributed by atoms with van der Waals surface area (Å²) in [6, 6.07) is 103. The summed E-state index contributed by atoms with van der Waals surface area (Å²) < 4.78 is 1.33. The number of hydrogen-bond donors (Lipinski definition) is 0. The Morgan fingerprint density at radius 2 is 0.973 bits per heavy atom. The van der Waals surface area contributed by atoms with Gasteiger partial charge in [0.2, 0.25) is 0 Å². The first kappa shape index (κ1) is 44.6. The molecule has 0 saturated heterocycles. The van der Waals surface area contributed by atoms with Gasteiger partial charge in [0.15, 0.2) is 0 Å². The number of rotatable bonds is 11. The van der Waals surface area contributed by atoms with Gasteiger partial charge < -0.3 is 4.90 Å². The Morgan fingerprint density at radius 1 is 0.400 bits per heavy atom. The van der Waals surface area contributed by atoms with E-state index in [2.05, 4.69) is 290 Å². The van der Waals surface area contributed by atoms with E-state index in [1.165, 1.54) is 121 Å². The van der Waals surface area contributed by atoms with Gasteiger partial charge in [-0.2, -0.15) is 0 Å². The molecule has 1 heterocycles. The molecular formula is C73H51NS. The van der Waals surface area contributed by atoms with E-state index in [0.29, 0.717) is 0 Å². The van der Waals surface area contributed by atoms with Crippen LogP contribution in [0.1, 0.15) is 44.5 Å². The molecule has 2 aliphatic rings. The highest BCUT2D eigenvalue weighted by molar-refractivity contribution is 7.22. The Balaban J connectivity index is 0.857. The molecule has 1 aromatic heterocycles. The van der Waals surface area contributed by atoms with Crippen LogP contribution in [0.4, 0.5) is 11.4 Å². The molecule has 0 amide bonds. The molecule has 2 heteroatoms. The maximum atomic E-state index is 2.52. The number of thiophene rings is 1. The van der Waals surface area contributed by atoms with Gasteiger partial charge in [-0.15, -0.1) is 11.3 Å². The Morgan fingerprint density at radius 3 is 1.75 bits per heavy atom. The standard InChI is InChI=1S/C73H51NS/c1-5-18-52(19-6-1)49-74(60-24-11-4-12-25-60)61-43-40-57(41-44-61)62-28-17-30-67-70(62)63-26-13-15-29-66(63)73(67)68-48-58(42-45-64(68)72-71(73)65-27-14-16-31-69(65)75-72)56-38-34-51(35-39-56)47-59(54-22-9-3-10-23-54)46-50-32-36-55(37-33-50)53-20-7-2-8-21-53/h1-45,47-48H,46,49H2. The molecule has 0 bridgehead atoms. The molecule has 0 radical (unpaired) electrons. The second-order valence-corrected chi connectivity index (χ2v) is 21.0. The van der Waals surface area contributed by atoms with Crippen molar-refractivity contribution in [1.29, 1.82) is 0 Å². The quantitative estimate of drug-likeness (QED) is 0.117. The van der Waals surface area contributed by atoms with E-state index in [0.717, 1.165) is 18.7 Å². The summed E-state index contributed by atoms with van der Waals surface area (Å²) in [5.74, 6) is 0.